The lowest BCUT2D eigenvalue weighted by atomic mass is 10.2. The number of anilines is 2. The second-order valence-corrected chi connectivity index (χ2v) is 8.48. The molecule has 0 amide bonds. The zero-order chi connectivity index (χ0) is 15.6. The predicted molar refractivity (Wildman–Crippen MR) is 87.2 cm³/mol. The molecule has 1 aromatic heterocycles. The van der Waals surface area contributed by atoms with Crippen LogP contribution in [0.3, 0.4) is 0 Å². The molecule has 21 heavy (non-hydrogen) atoms. The van der Waals surface area contributed by atoms with Gasteiger partial charge in [-0.2, -0.15) is 11.8 Å². The second kappa shape index (κ2) is 6.37. The van der Waals surface area contributed by atoms with Gasteiger partial charge in [-0.1, -0.05) is 6.92 Å². The average molecular weight is 331 g/mol. The summed E-state index contributed by atoms with van der Waals surface area (Å²) < 4.78 is 24.7. The highest BCUT2D eigenvalue weighted by Crippen LogP contribution is 2.30. The van der Waals surface area contributed by atoms with Gasteiger partial charge in [0.1, 0.15) is 22.8 Å². The molecule has 1 aliphatic heterocycles. The highest BCUT2D eigenvalue weighted by atomic mass is 32.2. The Morgan fingerprint density at radius 3 is 2.76 bits per heavy atom. The highest BCUT2D eigenvalue weighted by molar-refractivity contribution is 8.01. The third-order valence-electron chi connectivity index (χ3n) is 3.54. The topological polar surface area (TPSA) is 101 Å². The standard InChI is InChI=1S/C12H21N5O2S2/c1-4-21(18,19)10-7-20-6-5-17(10)12-8(2)11(16-13)14-9(3)15-12/h10H,4-7,13H2,1-3H3,(H,14,15,16). The third kappa shape index (κ3) is 3.24. The lowest BCUT2D eigenvalue weighted by Crippen LogP contribution is -2.48. The highest BCUT2D eigenvalue weighted by Gasteiger charge is 2.34. The number of hydrogen-bond acceptors (Lipinski definition) is 8. The Bertz CT molecular complexity index is 620. The van der Waals surface area contributed by atoms with Crippen molar-refractivity contribution in [2.75, 3.05) is 34.1 Å². The lowest BCUT2D eigenvalue weighted by molar-refractivity contribution is 0.578. The van der Waals surface area contributed by atoms with Gasteiger partial charge in [-0.25, -0.2) is 24.2 Å². The largest absolute Gasteiger partial charge is 0.338 e. The minimum absolute atomic E-state index is 0.125. The van der Waals surface area contributed by atoms with Crippen molar-refractivity contribution in [3.63, 3.8) is 0 Å². The smallest absolute Gasteiger partial charge is 0.171 e. The summed E-state index contributed by atoms with van der Waals surface area (Å²) >= 11 is 1.66. The minimum atomic E-state index is -3.17. The van der Waals surface area contributed by atoms with Crippen molar-refractivity contribution in [2.45, 2.75) is 26.1 Å². The van der Waals surface area contributed by atoms with E-state index < -0.39 is 15.2 Å². The van der Waals surface area contributed by atoms with E-state index >= 15 is 0 Å². The molecule has 1 aromatic rings. The van der Waals surface area contributed by atoms with E-state index in [0.29, 0.717) is 29.8 Å². The van der Waals surface area contributed by atoms with E-state index in [1.54, 1.807) is 25.6 Å². The summed E-state index contributed by atoms with van der Waals surface area (Å²) in [6, 6.07) is 0. The van der Waals surface area contributed by atoms with Crippen LogP contribution >= 0.6 is 11.8 Å². The quantitative estimate of drug-likeness (QED) is 0.614. The summed E-state index contributed by atoms with van der Waals surface area (Å²) in [5.41, 5.74) is 3.32. The van der Waals surface area contributed by atoms with Crippen LogP contribution in [0.25, 0.3) is 0 Å². The maximum absolute atomic E-state index is 12.4. The number of hydrogen-bond donors (Lipinski definition) is 2. The SMILES string of the molecule is CCS(=O)(=O)C1CSCCN1c1nc(C)nc(NN)c1C. The molecule has 0 bridgehead atoms. The molecule has 7 nitrogen and oxygen atoms in total. The number of aryl methyl sites for hydroxylation is 1. The summed E-state index contributed by atoms with van der Waals surface area (Å²) in [5, 5.41) is -0.542. The van der Waals surface area contributed by atoms with Crippen LogP contribution < -0.4 is 16.2 Å². The Balaban J connectivity index is 2.50. The molecule has 2 heterocycles. The molecule has 118 valence electrons. The van der Waals surface area contributed by atoms with Crippen LogP contribution in [-0.4, -0.2) is 47.6 Å². The average Bonchev–Trinajstić information content (AvgIpc) is 2.49. The van der Waals surface area contributed by atoms with Gasteiger partial charge in [-0.3, -0.25) is 0 Å². The molecule has 1 aliphatic rings. The van der Waals surface area contributed by atoms with Crippen molar-refractivity contribution >= 4 is 33.2 Å². The van der Waals surface area contributed by atoms with Gasteiger partial charge < -0.3 is 10.3 Å². The number of aromatic nitrogens is 2. The predicted octanol–water partition coefficient (Wildman–Crippen LogP) is 0.693. The Labute approximate surface area is 129 Å². The molecular formula is C12H21N5O2S2. The van der Waals surface area contributed by atoms with E-state index in [1.165, 1.54) is 0 Å². The molecule has 1 atom stereocenters. The van der Waals surface area contributed by atoms with Gasteiger partial charge >= 0.3 is 0 Å². The summed E-state index contributed by atoms with van der Waals surface area (Å²) in [7, 11) is -3.17. The molecule has 0 spiro atoms. The first-order valence-electron chi connectivity index (χ1n) is 6.78. The number of nitrogens with zero attached hydrogens (tertiary/aromatic N) is 3. The monoisotopic (exact) mass is 331 g/mol. The van der Waals surface area contributed by atoms with Gasteiger partial charge in [0.15, 0.2) is 9.84 Å². The zero-order valence-corrected chi connectivity index (χ0v) is 14.1. The molecule has 2 rings (SSSR count). The van der Waals surface area contributed by atoms with Crippen LogP contribution in [0.4, 0.5) is 11.6 Å². The molecule has 0 saturated carbocycles. The van der Waals surface area contributed by atoms with Crippen molar-refractivity contribution in [3.05, 3.63) is 11.4 Å². The van der Waals surface area contributed by atoms with E-state index in [1.807, 2.05) is 11.8 Å². The van der Waals surface area contributed by atoms with E-state index in [4.69, 9.17) is 5.84 Å². The summed E-state index contributed by atoms with van der Waals surface area (Å²) in [6.45, 7) is 5.95. The molecule has 0 aliphatic carbocycles. The maximum atomic E-state index is 12.4. The molecule has 9 heteroatoms. The first-order chi connectivity index (χ1) is 9.90. The van der Waals surface area contributed by atoms with Crippen molar-refractivity contribution in [2.24, 2.45) is 5.84 Å². The number of nitrogens with one attached hydrogen (secondary N) is 1. The second-order valence-electron chi connectivity index (χ2n) is 4.89. The van der Waals surface area contributed by atoms with Crippen molar-refractivity contribution < 1.29 is 8.42 Å². The molecular weight excluding hydrogens is 310 g/mol. The lowest BCUT2D eigenvalue weighted by Gasteiger charge is -2.36. The molecule has 1 fully saturated rings. The first kappa shape index (κ1) is 16.3. The Hall–Kier alpha value is -1.06. The van der Waals surface area contributed by atoms with Gasteiger partial charge in [-0.15, -0.1) is 0 Å². The Morgan fingerprint density at radius 2 is 2.14 bits per heavy atom. The fourth-order valence-corrected chi connectivity index (χ4v) is 5.32. The van der Waals surface area contributed by atoms with E-state index in [2.05, 4.69) is 15.4 Å². The van der Waals surface area contributed by atoms with Crippen LogP contribution in [-0.2, 0) is 9.84 Å². The summed E-state index contributed by atoms with van der Waals surface area (Å²) in [5.74, 6) is 8.79. The van der Waals surface area contributed by atoms with Crippen molar-refractivity contribution in [1.29, 1.82) is 0 Å². The zero-order valence-electron chi connectivity index (χ0n) is 12.5. The van der Waals surface area contributed by atoms with E-state index in [0.717, 1.165) is 11.3 Å². The van der Waals surface area contributed by atoms with Crippen LogP contribution in [0.5, 0.6) is 0 Å². The van der Waals surface area contributed by atoms with Crippen LogP contribution in [0, 0.1) is 13.8 Å². The van der Waals surface area contributed by atoms with Gasteiger partial charge in [-0.05, 0) is 13.8 Å². The Kier molecular flexibility index (Phi) is 4.95. The molecule has 1 saturated heterocycles. The van der Waals surface area contributed by atoms with Gasteiger partial charge in [0.2, 0.25) is 0 Å². The number of thioether (sulfide) groups is 1. The van der Waals surface area contributed by atoms with E-state index in [9.17, 15) is 8.42 Å². The van der Waals surface area contributed by atoms with Crippen molar-refractivity contribution in [3.8, 4) is 0 Å². The van der Waals surface area contributed by atoms with Crippen LogP contribution in [0.15, 0.2) is 0 Å². The molecule has 3 N–H and O–H groups in total. The fourth-order valence-electron chi connectivity index (χ4n) is 2.35. The van der Waals surface area contributed by atoms with Gasteiger partial charge in [0.25, 0.3) is 0 Å². The fraction of sp³-hybridized carbons (Fsp3) is 0.667. The first-order valence-corrected chi connectivity index (χ1v) is 9.65. The Morgan fingerprint density at radius 1 is 1.43 bits per heavy atom. The van der Waals surface area contributed by atoms with E-state index in [-0.39, 0.29) is 5.75 Å². The third-order valence-corrected chi connectivity index (χ3v) is 6.83. The van der Waals surface area contributed by atoms with Crippen LogP contribution in [0.2, 0.25) is 0 Å². The molecule has 0 aromatic carbocycles. The summed E-state index contributed by atoms with van der Waals surface area (Å²) in [4.78, 5) is 10.5. The maximum Gasteiger partial charge on any atom is 0.171 e. The number of nitrogen functional groups attached to an aromatic ring is 1. The molecule has 0 radical (unpaired) electrons. The minimum Gasteiger partial charge on any atom is -0.338 e. The number of rotatable bonds is 4. The normalized spacial score (nSPS) is 19.6. The molecule has 1 unspecified atom stereocenters. The van der Waals surface area contributed by atoms with Crippen molar-refractivity contribution in [1.82, 2.24) is 9.97 Å². The number of sulfone groups is 1. The number of nitrogens with two attached hydrogens (primary N) is 1. The van der Waals surface area contributed by atoms with Crippen LogP contribution in [0.1, 0.15) is 18.3 Å². The van der Waals surface area contributed by atoms with Gasteiger partial charge in [0.05, 0.1) is 0 Å². The number of hydrazine groups is 1. The summed E-state index contributed by atoms with van der Waals surface area (Å²) in [6.07, 6.45) is 0. The van der Waals surface area contributed by atoms with Gasteiger partial charge in [0, 0.05) is 29.4 Å².